The third-order valence-electron chi connectivity index (χ3n) is 5.16. The number of carbonyl (C=O) groups excluding carboxylic acids is 2. The Hall–Kier alpha value is -4.64. The Morgan fingerprint density at radius 3 is 2.38 bits per heavy atom. The van der Waals surface area contributed by atoms with E-state index in [2.05, 4.69) is 29.9 Å². The fraction of sp³-hybridized carbons (Fsp3) is 0.455. The Balaban J connectivity index is 0.000000230. The molecule has 4 rings (SSSR count). The molecule has 0 fully saturated rings. The topological polar surface area (TPSA) is 241 Å². The van der Waals surface area contributed by atoms with Crippen LogP contribution in [0.4, 0.5) is 11.9 Å². The number of aryl methyl sites for hydroxylation is 1. The van der Waals surface area contributed by atoms with Crippen molar-refractivity contribution < 1.29 is 28.9 Å². The van der Waals surface area contributed by atoms with Crippen LogP contribution in [0.5, 0.6) is 0 Å². The number of hydrogen-bond donors (Lipinski definition) is 4. The minimum atomic E-state index is -0.386. The van der Waals surface area contributed by atoms with Crippen LogP contribution < -0.4 is 17.0 Å². The highest BCUT2D eigenvalue weighted by Crippen LogP contribution is 2.14. The summed E-state index contributed by atoms with van der Waals surface area (Å²) in [6, 6.07) is 0. The van der Waals surface area contributed by atoms with E-state index in [1.165, 1.54) is 24.7 Å². The average Bonchev–Trinajstić information content (AvgIpc) is 3.47. The molecule has 17 nitrogen and oxygen atoms in total. The summed E-state index contributed by atoms with van der Waals surface area (Å²) in [5.41, 5.74) is 12.5. The summed E-state index contributed by atoms with van der Waals surface area (Å²) >= 11 is 0. The maximum absolute atomic E-state index is 11.4. The fourth-order valence-electron chi connectivity index (χ4n) is 3.33. The zero-order chi connectivity index (χ0) is 28.4. The molecule has 0 radical (unpaired) electrons. The maximum atomic E-state index is 11.4. The molecule has 0 bridgehead atoms. The molecule has 39 heavy (non-hydrogen) atoms. The summed E-state index contributed by atoms with van der Waals surface area (Å²) in [7, 11) is 0. The Morgan fingerprint density at radius 1 is 1.03 bits per heavy atom. The van der Waals surface area contributed by atoms with Gasteiger partial charge in [0.15, 0.2) is 16.8 Å². The van der Waals surface area contributed by atoms with E-state index in [1.807, 2.05) is 4.57 Å². The van der Waals surface area contributed by atoms with Gasteiger partial charge in [0, 0.05) is 26.3 Å². The summed E-state index contributed by atoms with van der Waals surface area (Å²) in [6.07, 6.45) is 5.26. The number of H-pyrrole nitrogens is 1. The van der Waals surface area contributed by atoms with Gasteiger partial charge in [-0.25, -0.2) is 15.0 Å². The second-order valence-electron chi connectivity index (χ2n) is 8.23. The summed E-state index contributed by atoms with van der Waals surface area (Å²) in [6.45, 7) is 3.92. The third kappa shape index (κ3) is 8.44. The highest BCUT2D eigenvalue weighted by molar-refractivity contribution is 5.71. The highest BCUT2D eigenvalue weighted by atomic mass is 16.5. The number of nitrogen functional groups attached to an aromatic ring is 2. The van der Waals surface area contributed by atoms with E-state index < -0.39 is 0 Å². The second kappa shape index (κ2) is 13.8. The number of anilines is 2. The molecule has 4 aromatic heterocycles. The number of aromatic amines is 1. The molecule has 0 unspecified atom stereocenters. The number of nitrogens with one attached hydrogen (secondary N) is 1. The summed E-state index contributed by atoms with van der Waals surface area (Å²) < 4.78 is 18.5. The summed E-state index contributed by atoms with van der Waals surface area (Å²) in [5, 5.41) is 8.56. The Bertz CT molecular complexity index is 1450. The monoisotopic (exact) mass is 546 g/mol. The van der Waals surface area contributed by atoms with Gasteiger partial charge < -0.3 is 35.4 Å². The summed E-state index contributed by atoms with van der Waals surface area (Å²) in [5.74, 6) is -0.644. The van der Waals surface area contributed by atoms with Crippen LogP contribution >= 0.6 is 0 Å². The number of carbonyl (C=O) groups is 2. The molecule has 4 heterocycles. The molecule has 0 aromatic carbocycles. The largest absolute Gasteiger partial charge is 0.465 e. The van der Waals surface area contributed by atoms with Crippen molar-refractivity contribution >= 4 is 46.2 Å². The predicted octanol–water partition coefficient (Wildman–Crippen LogP) is -0.791. The third-order valence-corrected chi connectivity index (χ3v) is 5.16. The smallest absolute Gasteiger partial charge is 0.302 e. The number of aromatic nitrogens is 8. The number of aliphatic hydroxyl groups is 1. The molecule has 4 aromatic rings. The van der Waals surface area contributed by atoms with Crippen molar-refractivity contribution in [1.29, 1.82) is 0 Å². The molecule has 0 atom stereocenters. The van der Waals surface area contributed by atoms with E-state index in [0.29, 0.717) is 29.8 Å². The van der Waals surface area contributed by atoms with Gasteiger partial charge in [-0.3, -0.25) is 23.9 Å². The lowest BCUT2D eigenvalue weighted by molar-refractivity contribution is -0.146. The molecular weight excluding hydrogens is 516 g/mol. The van der Waals surface area contributed by atoms with Crippen LogP contribution in [0.3, 0.4) is 0 Å². The minimum absolute atomic E-state index is 0.0291. The number of imidazole rings is 2. The van der Waals surface area contributed by atoms with Crippen molar-refractivity contribution in [3.05, 3.63) is 29.2 Å². The van der Waals surface area contributed by atoms with Crippen LogP contribution in [0.1, 0.15) is 20.3 Å². The number of nitrogens with two attached hydrogens (primary N) is 2. The van der Waals surface area contributed by atoms with Crippen LogP contribution in [-0.2, 0) is 37.1 Å². The van der Waals surface area contributed by atoms with Gasteiger partial charge in [-0.1, -0.05) is 0 Å². The van der Waals surface area contributed by atoms with E-state index in [9.17, 15) is 14.4 Å². The SMILES string of the molecule is CC(=O)OCC(CCn1cnc2cnc(N)nc21)COC(C)=O.Nc1nc2c(ncn2COCCO)c(=O)[nH]1. The predicted molar refractivity (Wildman–Crippen MR) is 137 cm³/mol. The van der Waals surface area contributed by atoms with Crippen LogP contribution in [0, 0.1) is 5.92 Å². The van der Waals surface area contributed by atoms with Gasteiger partial charge in [0.25, 0.3) is 5.56 Å². The molecule has 0 amide bonds. The molecule has 210 valence electrons. The molecule has 17 heteroatoms. The van der Waals surface area contributed by atoms with E-state index in [-0.39, 0.29) is 74.0 Å². The van der Waals surface area contributed by atoms with Gasteiger partial charge in [0.05, 0.1) is 45.3 Å². The quantitative estimate of drug-likeness (QED) is 0.133. The average molecular weight is 547 g/mol. The van der Waals surface area contributed by atoms with Crippen molar-refractivity contribution in [2.24, 2.45) is 5.92 Å². The first-order valence-corrected chi connectivity index (χ1v) is 11.8. The standard InChI is InChI=1S/C14H19N5O4.C8H11N5O3/c1-9(20)22-6-11(7-23-10(2)21)3-4-19-8-17-12-5-16-14(15)18-13(12)19;9-8-11-6-5(7(15)12-8)10-3-13(6)4-16-2-1-14/h5,8,11H,3-4,6-7H2,1-2H3,(H2,15,16,18);3,14H,1-2,4H2,(H3,9,11,12,15). The molecule has 6 N–H and O–H groups in total. The van der Waals surface area contributed by atoms with Gasteiger partial charge in [-0.05, 0) is 6.42 Å². The number of nitrogens with zero attached hydrogens (tertiary/aromatic N) is 7. The Morgan fingerprint density at radius 2 is 1.72 bits per heavy atom. The Kier molecular flexibility index (Phi) is 10.2. The van der Waals surface area contributed by atoms with Crippen LogP contribution in [0.15, 0.2) is 23.6 Å². The normalized spacial score (nSPS) is 11.0. The van der Waals surface area contributed by atoms with Crippen molar-refractivity contribution in [1.82, 2.24) is 39.0 Å². The lowest BCUT2D eigenvalue weighted by atomic mass is 10.1. The van der Waals surface area contributed by atoms with Gasteiger partial charge in [-0.15, -0.1) is 0 Å². The molecule has 0 aliphatic carbocycles. The first-order valence-electron chi connectivity index (χ1n) is 11.8. The number of ether oxygens (including phenoxy) is 3. The first kappa shape index (κ1) is 28.9. The van der Waals surface area contributed by atoms with Crippen LogP contribution in [-0.4, -0.2) is 82.5 Å². The number of rotatable bonds is 11. The highest BCUT2D eigenvalue weighted by Gasteiger charge is 2.15. The molecule has 0 saturated heterocycles. The number of aliphatic hydroxyl groups excluding tert-OH is 1. The zero-order valence-electron chi connectivity index (χ0n) is 21.4. The molecule has 0 aliphatic rings. The first-order chi connectivity index (χ1) is 18.7. The van der Waals surface area contributed by atoms with Gasteiger partial charge >= 0.3 is 11.9 Å². The fourth-order valence-corrected chi connectivity index (χ4v) is 3.33. The van der Waals surface area contributed by atoms with Crippen LogP contribution in [0.2, 0.25) is 0 Å². The van der Waals surface area contributed by atoms with E-state index in [4.69, 9.17) is 30.8 Å². The lowest BCUT2D eigenvalue weighted by Crippen LogP contribution is -2.21. The molecule has 0 saturated carbocycles. The number of fused-ring (bicyclic) bond motifs is 2. The molecule has 0 aliphatic heterocycles. The van der Waals surface area contributed by atoms with E-state index in [0.717, 1.165) is 0 Å². The number of hydrogen-bond acceptors (Lipinski definition) is 14. The van der Waals surface area contributed by atoms with E-state index in [1.54, 1.807) is 12.5 Å². The van der Waals surface area contributed by atoms with Crippen molar-refractivity contribution in [2.75, 3.05) is 37.9 Å². The van der Waals surface area contributed by atoms with Crippen molar-refractivity contribution in [2.45, 2.75) is 33.5 Å². The van der Waals surface area contributed by atoms with Gasteiger partial charge in [-0.2, -0.15) is 9.97 Å². The minimum Gasteiger partial charge on any atom is -0.465 e. The van der Waals surface area contributed by atoms with Crippen molar-refractivity contribution in [3.63, 3.8) is 0 Å². The molecular formula is C22H30N10O7. The summed E-state index contributed by atoms with van der Waals surface area (Å²) in [4.78, 5) is 55.8. The Labute approximate surface area is 221 Å². The maximum Gasteiger partial charge on any atom is 0.302 e. The number of esters is 2. The van der Waals surface area contributed by atoms with Crippen LogP contribution in [0.25, 0.3) is 22.3 Å². The van der Waals surface area contributed by atoms with Gasteiger partial charge in [0.2, 0.25) is 11.9 Å². The van der Waals surface area contributed by atoms with Gasteiger partial charge in [0.1, 0.15) is 12.2 Å². The van der Waals surface area contributed by atoms with E-state index >= 15 is 0 Å². The zero-order valence-corrected chi connectivity index (χ0v) is 21.4. The molecule has 0 spiro atoms. The van der Waals surface area contributed by atoms with Crippen molar-refractivity contribution in [3.8, 4) is 0 Å². The lowest BCUT2D eigenvalue weighted by Gasteiger charge is -2.16. The second-order valence-corrected chi connectivity index (χ2v) is 8.23.